The molecule has 58 valence electrons. The summed E-state index contributed by atoms with van der Waals surface area (Å²) in [6.07, 6.45) is 8.52. The monoisotopic (exact) mass is 139 g/mol. The Kier molecular flexibility index (Phi) is 1.69. The quantitative estimate of drug-likeness (QED) is 0.545. The van der Waals surface area contributed by atoms with Crippen LogP contribution >= 0.6 is 0 Å². The molecule has 0 radical (unpaired) electrons. The van der Waals surface area contributed by atoms with Gasteiger partial charge in [0.05, 0.1) is 0 Å². The van der Waals surface area contributed by atoms with E-state index in [0.717, 1.165) is 11.8 Å². The first-order valence-electron chi connectivity index (χ1n) is 4.62. The van der Waals surface area contributed by atoms with E-state index in [1.54, 1.807) is 0 Å². The Bertz CT molecular complexity index is 108. The van der Waals surface area contributed by atoms with E-state index in [9.17, 15) is 0 Å². The average Bonchev–Trinajstić information content (AvgIpc) is 2.27. The Hall–Kier alpha value is -0.0400. The smallest absolute Gasteiger partial charge is 0.00443 e. The van der Waals surface area contributed by atoms with Crippen LogP contribution in [0, 0.1) is 11.8 Å². The largest absolute Gasteiger partial charge is 0.328 e. The second kappa shape index (κ2) is 2.54. The average molecular weight is 139 g/mol. The van der Waals surface area contributed by atoms with Crippen molar-refractivity contribution >= 4 is 0 Å². The van der Waals surface area contributed by atoms with Crippen LogP contribution < -0.4 is 5.73 Å². The van der Waals surface area contributed by atoms with Gasteiger partial charge in [0.2, 0.25) is 0 Å². The summed E-state index contributed by atoms with van der Waals surface area (Å²) >= 11 is 0. The van der Waals surface area contributed by atoms with Crippen molar-refractivity contribution < 1.29 is 0 Å². The first kappa shape index (κ1) is 6.66. The molecule has 10 heavy (non-hydrogen) atoms. The summed E-state index contributed by atoms with van der Waals surface area (Å²) in [5.41, 5.74) is 5.89. The minimum atomic E-state index is 0.549. The maximum absolute atomic E-state index is 5.89. The van der Waals surface area contributed by atoms with E-state index in [0.29, 0.717) is 6.04 Å². The zero-order chi connectivity index (χ0) is 6.97. The topological polar surface area (TPSA) is 26.0 Å². The number of hydrogen-bond acceptors (Lipinski definition) is 1. The first-order valence-corrected chi connectivity index (χ1v) is 4.62. The van der Waals surface area contributed by atoms with Gasteiger partial charge in [0.15, 0.2) is 0 Å². The molecule has 1 heteroatoms. The van der Waals surface area contributed by atoms with E-state index in [2.05, 4.69) is 0 Å². The van der Waals surface area contributed by atoms with E-state index >= 15 is 0 Å². The maximum Gasteiger partial charge on any atom is 0.00443 e. The molecule has 1 nitrogen and oxygen atoms in total. The molecule has 2 saturated carbocycles. The minimum absolute atomic E-state index is 0.549. The Labute approximate surface area is 63.0 Å². The molecule has 0 saturated heterocycles. The molecular weight excluding hydrogens is 122 g/mol. The first-order chi connectivity index (χ1) is 4.86. The summed E-state index contributed by atoms with van der Waals surface area (Å²) in [6.45, 7) is 0. The highest BCUT2D eigenvalue weighted by atomic mass is 14.7. The van der Waals surface area contributed by atoms with Gasteiger partial charge in [-0.3, -0.25) is 0 Å². The molecule has 0 aliphatic heterocycles. The number of nitrogens with two attached hydrogens (primary N) is 1. The SMILES string of the molecule is NC1CC2CCCCC2C1. The van der Waals surface area contributed by atoms with Crippen molar-refractivity contribution in [2.45, 2.75) is 44.6 Å². The zero-order valence-corrected chi connectivity index (χ0v) is 6.55. The summed E-state index contributed by atoms with van der Waals surface area (Å²) in [7, 11) is 0. The highest BCUT2D eigenvalue weighted by Gasteiger charge is 2.33. The molecule has 0 aromatic carbocycles. The van der Waals surface area contributed by atoms with Gasteiger partial charge < -0.3 is 5.73 Å². The zero-order valence-electron chi connectivity index (χ0n) is 6.55. The fourth-order valence-electron chi connectivity index (χ4n) is 2.78. The molecule has 2 fully saturated rings. The highest BCUT2D eigenvalue weighted by molar-refractivity contribution is 4.87. The van der Waals surface area contributed by atoms with Gasteiger partial charge in [-0.05, 0) is 24.7 Å². The van der Waals surface area contributed by atoms with Crippen molar-refractivity contribution in [2.75, 3.05) is 0 Å². The third-order valence-electron chi connectivity index (χ3n) is 3.28. The van der Waals surface area contributed by atoms with Crippen LogP contribution in [0.25, 0.3) is 0 Å². The third kappa shape index (κ3) is 1.07. The van der Waals surface area contributed by atoms with Crippen molar-refractivity contribution in [1.29, 1.82) is 0 Å². The molecular formula is C9H17N. The van der Waals surface area contributed by atoms with Gasteiger partial charge in [0, 0.05) is 6.04 Å². The second-order valence-electron chi connectivity index (χ2n) is 4.04. The van der Waals surface area contributed by atoms with Gasteiger partial charge in [-0.25, -0.2) is 0 Å². The lowest BCUT2D eigenvalue weighted by molar-refractivity contribution is 0.277. The van der Waals surface area contributed by atoms with Crippen LogP contribution in [0.1, 0.15) is 38.5 Å². The van der Waals surface area contributed by atoms with E-state index in [1.807, 2.05) is 0 Å². The normalized spacial score (nSPS) is 47.1. The summed E-state index contributed by atoms with van der Waals surface area (Å²) in [5.74, 6) is 2.03. The van der Waals surface area contributed by atoms with Crippen LogP contribution in [0.15, 0.2) is 0 Å². The standard InChI is InChI=1S/C9H17N/c10-9-5-7-3-1-2-4-8(7)6-9/h7-9H,1-6,10H2. The van der Waals surface area contributed by atoms with Gasteiger partial charge in [-0.2, -0.15) is 0 Å². The fraction of sp³-hybridized carbons (Fsp3) is 1.00. The Morgan fingerprint density at radius 3 is 1.90 bits per heavy atom. The van der Waals surface area contributed by atoms with Crippen molar-refractivity contribution in [3.8, 4) is 0 Å². The van der Waals surface area contributed by atoms with Crippen molar-refractivity contribution in [3.63, 3.8) is 0 Å². The molecule has 2 aliphatic carbocycles. The number of hydrogen-bond donors (Lipinski definition) is 1. The van der Waals surface area contributed by atoms with Gasteiger partial charge in [0.1, 0.15) is 0 Å². The maximum atomic E-state index is 5.89. The molecule has 2 rings (SSSR count). The van der Waals surface area contributed by atoms with Gasteiger partial charge >= 0.3 is 0 Å². The summed E-state index contributed by atoms with van der Waals surface area (Å²) in [4.78, 5) is 0. The fourth-order valence-corrected chi connectivity index (χ4v) is 2.78. The molecule has 2 atom stereocenters. The predicted molar refractivity (Wildman–Crippen MR) is 42.7 cm³/mol. The van der Waals surface area contributed by atoms with Crippen molar-refractivity contribution in [3.05, 3.63) is 0 Å². The van der Waals surface area contributed by atoms with E-state index < -0.39 is 0 Å². The van der Waals surface area contributed by atoms with Crippen LogP contribution in [-0.4, -0.2) is 6.04 Å². The van der Waals surface area contributed by atoms with Gasteiger partial charge in [-0.15, -0.1) is 0 Å². The molecule has 0 amide bonds. The molecule has 0 heterocycles. The lowest BCUT2D eigenvalue weighted by Crippen LogP contribution is -2.14. The minimum Gasteiger partial charge on any atom is -0.328 e. The predicted octanol–water partition coefficient (Wildman–Crippen LogP) is 1.91. The van der Waals surface area contributed by atoms with E-state index in [1.165, 1.54) is 38.5 Å². The van der Waals surface area contributed by atoms with Crippen LogP contribution in [0.3, 0.4) is 0 Å². The number of fused-ring (bicyclic) bond motifs is 1. The third-order valence-corrected chi connectivity index (χ3v) is 3.28. The van der Waals surface area contributed by atoms with Crippen molar-refractivity contribution in [1.82, 2.24) is 0 Å². The molecule has 2 unspecified atom stereocenters. The molecule has 2 N–H and O–H groups in total. The summed E-state index contributed by atoms with van der Waals surface area (Å²) in [5, 5.41) is 0. The van der Waals surface area contributed by atoms with Crippen LogP contribution in [0.2, 0.25) is 0 Å². The number of rotatable bonds is 0. The molecule has 0 bridgehead atoms. The van der Waals surface area contributed by atoms with E-state index in [-0.39, 0.29) is 0 Å². The highest BCUT2D eigenvalue weighted by Crippen LogP contribution is 2.41. The molecule has 0 aromatic heterocycles. The van der Waals surface area contributed by atoms with Crippen LogP contribution in [0.5, 0.6) is 0 Å². The van der Waals surface area contributed by atoms with Crippen LogP contribution in [-0.2, 0) is 0 Å². The molecule has 2 aliphatic rings. The lowest BCUT2D eigenvalue weighted by Gasteiger charge is -2.24. The second-order valence-corrected chi connectivity index (χ2v) is 4.04. The molecule has 0 spiro atoms. The Morgan fingerprint density at radius 2 is 1.40 bits per heavy atom. The van der Waals surface area contributed by atoms with E-state index in [4.69, 9.17) is 5.73 Å². The lowest BCUT2D eigenvalue weighted by atomic mass is 9.82. The summed E-state index contributed by atoms with van der Waals surface area (Å²) in [6, 6.07) is 0.549. The van der Waals surface area contributed by atoms with Crippen LogP contribution in [0.4, 0.5) is 0 Å². The van der Waals surface area contributed by atoms with Gasteiger partial charge in [-0.1, -0.05) is 25.7 Å². The summed E-state index contributed by atoms with van der Waals surface area (Å²) < 4.78 is 0. The van der Waals surface area contributed by atoms with Gasteiger partial charge in [0.25, 0.3) is 0 Å². The molecule has 0 aromatic rings. The Morgan fingerprint density at radius 1 is 0.900 bits per heavy atom. The Balaban J connectivity index is 1.97. The van der Waals surface area contributed by atoms with Crippen molar-refractivity contribution in [2.24, 2.45) is 17.6 Å².